The molecule has 1 heterocycles. The lowest BCUT2D eigenvalue weighted by molar-refractivity contribution is 1.18. The molecule has 0 saturated carbocycles. The third-order valence-electron chi connectivity index (χ3n) is 2.07. The second-order valence-corrected chi connectivity index (χ2v) is 5.57. The number of nitrogens with zero attached hydrogens (tertiary/aromatic N) is 1. The van der Waals surface area contributed by atoms with E-state index in [4.69, 9.17) is 0 Å². The fourth-order valence-corrected chi connectivity index (χ4v) is 2.78. The molecule has 0 saturated heterocycles. The first-order valence-corrected chi connectivity index (χ1v) is 6.71. The van der Waals surface area contributed by atoms with E-state index in [1.807, 2.05) is 18.7 Å². The van der Waals surface area contributed by atoms with Crippen molar-refractivity contribution in [1.82, 2.24) is 4.98 Å². The van der Waals surface area contributed by atoms with Crippen molar-refractivity contribution in [3.8, 4) is 0 Å². The minimum Gasteiger partial charge on any atom is -0.246 e. The summed E-state index contributed by atoms with van der Waals surface area (Å²) in [7, 11) is 0. The van der Waals surface area contributed by atoms with Crippen LogP contribution in [0.3, 0.4) is 0 Å². The summed E-state index contributed by atoms with van der Waals surface area (Å²) in [5.74, 6) is 0.966. The molecule has 2 aromatic rings. The van der Waals surface area contributed by atoms with Gasteiger partial charge in [-0.05, 0) is 26.0 Å². The maximum Gasteiger partial charge on any atom is 0.0897 e. The van der Waals surface area contributed by atoms with Crippen LogP contribution in [0, 0.1) is 13.8 Å². The van der Waals surface area contributed by atoms with Crippen LogP contribution < -0.4 is 0 Å². The lowest BCUT2D eigenvalue weighted by Crippen LogP contribution is -1.81. The number of hydrogen-bond acceptors (Lipinski definition) is 3. The minimum atomic E-state index is 0.966. The van der Waals surface area contributed by atoms with Crippen molar-refractivity contribution in [3.63, 3.8) is 0 Å². The number of rotatable bonds is 3. The fraction of sp³-hybridized carbons (Fsp3) is 0.250. The molecule has 1 aromatic carbocycles. The monoisotopic (exact) mass is 235 g/mol. The number of benzene rings is 1. The number of aromatic nitrogens is 1. The van der Waals surface area contributed by atoms with Gasteiger partial charge in [0.25, 0.3) is 0 Å². The lowest BCUT2D eigenvalue weighted by atomic mass is 10.2. The van der Waals surface area contributed by atoms with Gasteiger partial charge in [0.2, 0.25) is 0 Å². The predicted octanol–water partition coefficient (Wildman–Crippen LogP) is 4.05. The quantitative estimate of drug-likeness (QED) is 0.744. The highest BCUT2D eigenvalue weighted by Gasteiger charge is 1.99. The van der Waals surface area contributed by atoms with Gasteiger partial charge >= 0.3 is 0 Å². The molecular formula is C12H13NS2. The summed E-state index contributed by atoms with van der Waals surface area (Å²) in [6, 6.07) is 8.63. The Hall–Kier alpha value is -0.800. The van der Waals surface area contributed by atoms with E-state index in [1.54, 1.807) is 11.3 Å². The van der Waals surface area contributed by atoms with E-state index in [0.717, 1.165) is 10.8 Å². The highest BCUT2D eigenvalue weighted by Crippen LogP contribution is 2.23. The number of aryl methyl sites for hydroxylation is 2. The summed E-state index contributed by atoms with van der Waals surface area (Å²) < 4.78 is 0. The van der Waals surface area contributed by atoms with Crippen LogP contribution in [0.1, 0.15) is 16.3 Å². The van der Waals surface area contributed by atoms with Crippen molar-refractivity contribution in [2.45, 2.75) is 24.5 Å². The molecule has 0 unspecified atom stereocenters. The van der Waals surface area contributed by atoms with Crippen LogP contribution >= 0.6 is 23.1 Å². The first-order valence-electron chi connectivity index (χ1n) is 4.84. The average molecular weight is 235 g/mol. The van der Waals surface area contributed by atoms with E-state index in [9.17, 15) is 0 Å². The Labute approximate surface area is 98.6 Å². The van der Waals surface area contributed by atoms with E-state index in [2.05, 4.69) is 41.6 Å². The zero-order chi connectivity index (χ0) is 10.7. The Morgan fingerprint density at radius 1 is 1.20 bits per heavy atom. The molecule has 0 amide bonds. The van der Waals surface area contributed by atoms with Crippen molar-refractivity contribution >= 4 is 23.1 Å². The third kappa shape index (κ3) is 3.08. The summed E-state index contributed by atoms with van der Waals surface area (Å²) in [6.45, 7) is 4.16. The maximum atomic E-state index is 4.44. The van der Waals surface area contributed by atoms with Gasteiger partial charge in [0.05, 0.1) is 10.7 Å². The van der Waals surface area contributed by atoms with E-state index in [0.29, 0.717) is 0 Å². The average Bonchev–Trinajstić information content (AvgIpc) is 2.64. The molecule has 78 valence electrons. The SMILES string of the molecule is Cc1ccc(SCc2csc(C)n2)cc1. The molecule has 15 heavy (non-hydrogen) atoms. The molecule has 1 aromatic heterocycles. The van der Waals surface area contributed by atoms with Crippen molar-refractivity contribution < 1.29 is 0 Å². The lowest BCUT2D eigenvalue weighted by Gasteiger charge is -1.99. The molecule has 0 atom stereocenters. The standard InChI is InChI=1S/C12H13NS2/c1-9-3-5-12(6-4-9)15-8-11-7-14-10(2)13-11/h3-7H,8H2,1-2H3. The molecule has 3 heteroatoms. The van der Waals surface area contributed by atoms with Crippen LogP contribution in [0.4, 0.5) is 0 Å². The van der Waals surface area contributed by atoms with Gasteiger partial charge in [0.1, 0.15) is 0 Å². The second-order valence-electron chi connectivity index (χ2n) is 3.46. The Balaban J connectivity index is 1.96. The van der Waals surface area contributed by atoms with E-state index >= 15 is 0 Å². The van der Waals surface area contributed by atoms with Crippen molar-refractivity contribution in [2.75, 3.05) is 0 Å². The van der Waals surface area contributed by atoms with Gasteiger partial charge in [-0.2, -0.15) is 0 Å². The number of thiazole rings is 1. The smallest absolute Gasteiger partial charge is 0.0897 e. The van der Waals surface area contributed by atoms with E-state index in [1.165, 1.54) is 16.2 Å². The highest BCUT2D eigenvalue weighted by atomic mass is 32.2. The molecule has 0 aliphatic heterocycles. The summed E-state index contributed by atoms with van der Waals surface area (Å²) in [4.78, 5) is 5.75. The molecule has 0 bridgehead atoms. The van der Waals surface area contributed by atoms with E-state index in [-0.39, 0.29) is 0 Å². The molecule has 2 rings (SSSR count). The van der Waals surface area contributed by atoms with Crippen LogP contribution in [0.15, 0.2) is 34.5 Å². The zero-order valence-electron chi connectivity index (χ0n) is 8.86. The molecule has 0 fully saturated rings. The normalized spacial score (nSPS) is 10.5. The highest BCUT2D eigenvalue weighted by molar-refractivity contribution is 7.98. The first-order chi connectivity index (χ1) is 7.24. The third-order valence-corrected chi connectivity index (χ3v) is 3.94. The summed E-state index contributed by atoms with van der Waals surface area (Å²) in [6.07, 6.45) is 0. The molecule has 0 spiro atoms. The molecular weight excluding hydrogens is 222 g/mol. The van der Waals surface area contributed by atoms with Crippen LogP contribution in [-0.4, -0.2) is 4.98 Å². The number of thioether (sulfide) groups is 1. The maximum absolute atomic E-state index is 4.44. The van der Waals surface area contributed by atoms with Crippen LogP contribution in [0.25, 0.3) is 0 Å². The second kappa shape index (κ2) is 4.81. The topological polar surface area (TPSA) is 12.9 Å². The zero-order valence-corrected chi connectivity index (χ0v) is 10.5. The summed E-state index contributed by atoms with van der Waals surface area (Å²) >= 11 is 3.56. The minimum absolute atomic E-state index is 0.966. The van der Waals surface area contributed by atoms with Gasteiger partial charge in [-0.1, -0.05) is 17.7 Å². The van der Waals surface area contributed by atoms with Gasteiger partial charge < -0.3 is 0 Å². The van der Waals surface area contributed by atoms with Gasteiger partial charge in [-0.3, -0.25) is 0 Å². The van der Waals surface area contributed by atoms with Gasteiger partial charge in [0, 0.05) is 16.0 Å². The first kappa shape index (κ1) is 10.7. The van der Waals surface area contributed by atoms with Crippen LogP contribution in [-0.2, 0) is 5.75 Å². The van der Waals surface area contributed by atoms with E-state index < -0.39 is 0 Å². The van der Waals surface area contributed by atoms with Gasteiger partial charge in [-0.15, -0.1) is 23.1 Å². The Kier molecular flexibility index (Phi) is 3.44. The summed E-state index contributed by atoms with van der Waals surface area (Å²) in [5, 5.41) is 3.28. The Morgan fingerprint density at radius 2 is 1.93 bits per heavy atom. The van der Waals surface area contributed by atoms with Crippen molar-refractivity contribution in [1.29, 1.82) is 0 Å². The van der Waals surface area contributed by atoms with Crippen LogP contribution in [0.2, 0.25) is 0 Å². The van der Waals surface area contributed by atoms with Gasteiger partial charge in [0.15, 0.2) is 0 Å². The largest absolute Gasteiger partial charge is 0.246 e. The molecule has 0 N–H and O–H groups in total. The molecule has 0 radical (unpaired) electrons. The predicted molar refractivity (Wildman–Crippen MR) is 67.6 cm³/mol. The summed E-state index contributed by atoms with van der Waals surface area (Å²) in [5.41, 5.74) is 2.49. The Morgan fingerprint density at radius 3 is 2.53 bits per heavy atom. The van der Waals surface area contributed by atoms with Crippen molar-refractivity contribution in [2.24, 2.45) is 0 Å². The molecule has 0 aliphatic carbocycles. The Bertz CT molecular complexity index is 431. The van der Waals surface area contributed by atoms with Gasteiger partial charge in [-0.25, -0.2) is 4.98 Å². The number of hydrogen-bond donors (Lipinski definition) is 0. The molecule has 0 aliphatic rings. The van der Waals surface area contributed by atoms with Crippen LogP contribution in [0.5, 0.6) is 0 Å². The van der Waals surface area contributed by atoms with Crippen molar-refractivity contribution in [3.05, 3.63) is 45.9 Å². The molecule has 1 nitrogen and oxygen atoms in total. The fourth-order valence-electron chi connectivity index (χ4n) is 1.27.